The van der Waals surface area contributed by atoms with Gasteiger partial charge in [0.15, 0.2) is 0 Å². The number of nitrogens with zero attached hydrogens (tertiary/aromatic N) is 1. The Kier molecular flexibility index (Phi) is 6.13. The van der Waals surface area contributed by atoms with E-state index >= 15 is 0 Å². The molecule has 2 aromatic carbocycles. The number of H-pyrrole nitrogens is 1. The number of carbonyl (C=O) groups is 1. The first kappa shape index (κ1) is 20.5. The summed E-state index contributed by atoms with van der Waals surface area (Å²) in [6.07, 6.45) is 5.06. The second kappa shape index (κ2) is 8.96. The van der Waals surface area contributed by atoms with Gasteiger partial charge in [0, 0.05) is 22.7 Å². The van der Waals surface area contributed by atoms with E-state index in [1.807, 2.05) is 6.07 Å². The number of amides is 1. The second-order valence-electron chi connectivity index (χ2n) is 8.23. The predicted molar refractivity (Wildman–Crippen MR) is 116 cm³/mol. The number of likely N-dealkylation sites (tertiary alicyclic amines) is 1. The quantitative estimate of drug-likeness (QED) is 0.548. The molecule has 0 spiro atoms. The summed E-state index contributed by atoms with van der Waals surface area (Å²) < 4.78 is 26.7. The van der Waals surface area contributed by atoms with Crippen LogP contribution in [-0.2, 0) is 0 Å². The number of benzene rings is 2. The Morgan fingerprint density at radius 2 is 1.80 bits per heavy atom. The highest BCUT2D eigenvalue weighted by atomic mass is 19.1. The molecule has 0 aliphatic carbocycles. The summed E-state index contributed by atoms with van der Waals surface area (Å²) in [5.41, 5.74) is 2.55. The third-order valence-electron chi connectivity index (χ3n) is 5.91. The van der Waals surface area contributed by atoms with E-state index in [1.165, 1.54) is 37.9 Å². The number of nitrogens with one attached hydrogen (secondary N) is 2. The largest absolute Gasteiger partial charge is 0.351 e. The number of halogens is 2. The number of aromatic nitrogens is 1. The van der Waals surface area contributed by atoms with Crippen molar-refractivity contribution < 1.29 is 13.6 Å². The van der Waals surface area contributed by atoms with Gasteiger partial charge in [-0.15, -0.1) is 0 Å². The van der Waals surface area contributed by atoms with Crippen molar-refractivity contribution in [3.63, 3.8) is 0 Å². The molecule has 1 amide bonds. The molecule has 0 bridgehead atoms. The lowest BCUT2D eigenvalue weighted by Gasteiger charge is -2.27. The fourth-order valence-electron chi connectivity index (χ4n) is 4.13. The molecule has 1 aromatic heterocycles. The van der Waals surface area contributed by atoms with Crippen LogP contribution < -0.4 is 5.32 Å². The normalized spacial score (nSPS) is 16.0. The zero-order valence-electron chi connectivity index (χ0n) is 17.2. The van der Waals surface area contributed by atoms with Gasteiger partial charge in [0.05, 0.1) is 0 Å². The van der Waals surface area contributed by atoms with Crippen molar-refractivity contribution in [2.24, 2.45) is 0 Å². The van der Waals surface area contributed by atoms with Crippen molar-refractivity contribution in [2.75, 3.05) is 25.0 Å². The van der Waals surface area contributed by atoms with Gasteiger partial charge in [-0.3, -0.25) is 4.79 Å². The van der Waals surface area contributed by atoms with Gasteiger partial charge in [-0.1, -0.05) is 19.4 Å². The van der Waals surface area contributed by atoms with Crippen LogP contribution in [0, 0.1) is 11.6 Å². The van der Waals surface area contributed by atoms with Crippen LogP contribution in [0.3, 0.4) is 0 Å². The van der Waals surface area contributed by atoms with Crippen LogP contribution in [0.1, 0.15) is 54.6 Å². The Balaban J connectivity index is 1.44. The maximum absolute atomic E-state index is 13.3. The number of piperidine rings is 1. The molecule has 30 heavy (non-hydrogen) atoms. The first-order valence-corrected chi connectivity index (χ1v) is 10.6. The smallest absolute Gasteiger partial charge is 0.272 e. The zero-order valence-corrected chi connectivity index (χ0v) is 17.2. The van der Waals surface area contributed by atoms with Crippen LogP contribution in [0.25, 0.3) is 10.9 Å². The number of hydrogen-bond donors (Lipinski definition) is 2. The highest BCUT2D eigenvalue weighted by Crippen LogP contribution is 2.26. The van der Waals surface area contributed by atoms with E-state index in [0.717, 1.165) is 42.1 Å². The molecule has 1 aliphatic heterocycles. The van der Waals surface area contributed by atoms with E-state index in [-0.39, 0.29) is 5.69 Å². The van der Waals surface area contributed by atoms with Crippen LogP contribution in [0.5, 0.6) is 0 Å². The first-order valence-electron chi connectivity index (χ1n) is 10.6. The average molecular weight is 411 g/mol. The zero-order chi connectivity index (χ0) is 21.1. The number of fused-ring (bicyclic) bond motifs is 1. The van der Waals surface area contributed by atoms with Gasteiger partial charge >= 0.3 is 0 Å². The van der Waals surface area contributed by atoms with E-state index in [0.29, 0.717) is 11.6 Å². The van der Waals surface area contributed by atoms with Gasteiger partial charge in [0.2, 0.25) is 0 Å². The Bertz CT molecular complexity index is 1020. The molecular weight excluding hydrogens is 384 g/mol. The van der Waals surface area contributed by atoms with Crippen LogP contribution in [0.4, 0.5) is 14.5 Å². The van der Waals surface area contributed by atoms with Gasteiger partial charge in [0.25, 0.3) is 5.91 Å². The SMILES string of the molecule is CC(CCN1CCCCC1)c1ccc2[nH]c(C(=O)Nc3cc(F)cc(F)c3)cc2c1. The van der Waals surface area contributed by atoms with Gasteiger partial charge in [-0.25, -0.2) is 8.78 Å². The number of aromatic amines is 1. The standard InChI is InChI=1S/C24H27F2N3O/c1-16(7-10-29-8-3-2-4-9-29)17-5-6-22-18(11-17)12-23(28-22)24(30)27-21-14-19(25)13-20(26)15-21/h5-6,11-16,28H,2-4,7-10H2,1H3,(H,27,30). The van der Waals surface area contributed by atoms with Crippen molar-refractivity contribution in [2.45, 2.75) is 38.5 Å². The number of rotatable bonds is 6. The topological polar surface area (TPSA) is 48.1 Å². The minimum Gasteiger partial charge on any atom is -0.351 e. The summed E-state index contributed by atoms with van der Waals surface area (Å²) in [4.78, 5) is 18.1. The van der Waals surface area contributed by atoms with E-state index in [2.05, 4.69) is 34.3 Å². The summed E-state index contributed by atoms with van der Waals surface area (Å²) in [5, 5.41) is 3.49. The predicted octanol–water partition coefficient (Wildman–Crippen LogP) is 5.68. The van der Waals surface area contributed by atoms with Crippen molar-refractivity contribution in [1.29, 1.82) is 0 Å². The lowest BCUT2D eigenvalue weighted by Crippen LogP contribution is -2.31. The number of anilines is 1. The third kappa shape index (κ3) is 4.87. The van der Waals surface area contributed by atoms with E-state index < -0.39 is 17.5 Å². The molecule has 0 radical (unpaired) electrons. The highest BCUT2D eigenvalue weighted by Gasteiger charge is 2.15. The molecule has 2 N–H and O–H groups in total. The molecule has 1 saturated heterocycles. The monoisotopic (exact) mass is 411 g/mol. The molecule has 158 valence electrons. The molecule has 2 heterocycles. The van der Waals surface area contributed by atoms with Crippen molar-refractivity contribution >= 4 is 22.5 Å². The van der Waals surface area contributed by atoms with E-state index in [1.54, 1.807) is 6.07 Å². The van der Waals surface area contributed by atoms with Crippen LogP contribution >= 0.6 is 0 Å². The van der Waals surface area contributed by atoms with Crippen LogP contribution in [0.2, 0.25) is 0 Å². The molecule has 0 saturated carbocycles. The number of hydrogen-bond acceptors (Lipinski definition) is 2. The van der Waals surface area contributed by atoms with Gasteiger partial charge < -0.3 is 15.2 Å². The molecule has 1 aliphatic rings. The second-order valence-corrected chi connectivity index (χ2v) is 8.23. The Hall–Kier alpha value is -2.73. The molecule has 1 unspecified atom stereocenters. The maximum Gasteiger partial charge on any atom is 0.272 e. The van der Waals surface area contributed by atoms with Crippen molar-refractivity contribution in [1.82, 2.24) is 9.88 Å². The Morgan fingerprint density at radius 1 is 1.07 bits per heavy atom. The van der Waals surface area contributed by atoms with Crippen LogP contribution in [-0.4, -0.2) is 35.4 Å². The Labute approximate surface area is 175 Å². The lowest BCUT2D eigenvalue weighted by atomic mass is 9.96. The summed E-state index contributed by atoms with van der Waals surface area (Å²) in [7, 11) is 0. The molecular formula is C24H27F2N3O. The molecule has 6 heteroatoms. The minimum absolute atomic E-state index is 0.0863. The summed E-state index contributed by atoms with van der Waals surface area (Å²) in [6.45, 7) is 5.77. The maximum atomic E-state index is 13.3. The lowest BCUT2D eigenvalue weighted by molar-refractivity contribution is 0.102. The molecule has 4 rings (SSSR count). The number of carbonyl (C=O) groups excluding carboxylic acids is 1. The molecule has 3 aromatic rings. The summed E-state index contributed by atoms with van der Waals surface area (Å²) in [5.74, 6) is -1.47. The van der Waals surface area contributed by atoms with Crippen molar-refractivity contribution in [3.05, 3.63) is 65.4 Å². The third-order valence-corrected chi connectivity index (χ3v) is 5.91. The van der Waals surface area contributed by atoms with Gasteiger partial charge in [-0.05, 0) is 80.7 Å². The summed E-state index contributed by atoms with van der Waals surface area (Å²) in [6, 6.07) is 10.9. The molecule has 1 fully saturated rings. The average Bonchev–Trinajstić information content (AvgIpc) is 3.15. The fraction of sp³-hybridized carbons (Fsp3) is 0.375. The summed E-state index contributed by atoms with van der Waals surface area (Å²) >= 11 is 0. The van der Waals surface area contributed by atoms with Gasteiger partial charge in [0.1, 0.15) is 17.3 Å². The molecule has 1 atom stereocenters. The van der Waals surface area contributed by atoms with Crippen LogP contribution in [0.15, 0.2) is 42.5 Å². The minimum atomic E-state index is -0.731. The highest BCUT2D eigenvalue weighted by molar-refractivity contribution is 6.06. The van der Waals surface area contributed by atoms with E-state index in [9.17, 15) is 13.6 Å². The van der Waals surface area contributed by atoms with Gasteiger partial charge in [-0.2, -0.15) is 0 Å². The Morgan fingerprint density at radius 3 is 2.53 bits per heavy atom. The van der Waals surface area contributed by atoms with E-state index in [4.69, 9.17) is 0 Å². The first-order chi connectivity index (χ1) is 14.5. The molecule has 4 nitrogen and oxygen atoms in total. The fourth-order valence-corrected chi connectivity index (χ4v) is 4.13. The van der Waals surface area contributed by atoms with Crippen molar-refractivity contribution in [3.8, 4) is 0 Å².